The number of rotatable bonds is 2. The highest BCUT2D eigenvalue weighted by molar-refractivity contribution is 5.50. The maximum Gasteiger partial charge on any atom is 0.129 e. The van der Waals surface area contributed by atoms with E-state index in [0.717, 1.165) is 28.9 Å². The lowest BCUT2D eigenvalue weighted by Gasteiger charge is -2.26. The summed E-state index contributed by atoms with van der Waals surface area (Å²) in [6, 6.07) is 12.5. The number of fused-ring (bicyclic) bond motifs is 1. The van der Waals surface area contributed by atoms with Crippen LogP contribution in [-0.2, 0) is 12.0 Å². The molecule has 2 aromatic rings. The average Bonchev–Trinajstić information content (AvgIpc) is 2.87. The molecular weight excluding hydrogens is 240 g/mol. The number of benzene rings is 2. The van der Waals surface area contributed by atoms with Crippen LogP contribution in [0, 0.1) is 0 Å². The van der Waals surface area contributed by atoms with Gasteiger partial charge >= 0.3 is 0 Å². The zero-order chi connectivity index (χ0) is 13.5. The van der Waals surface area contributed by atoms with Crippen LogP contribution < -0.4 is 4.74 Å². The van der Waals surface area contributed by atoms with Crippen LogP contribution in [-0.4, -0.2) is 16.8 Å². The normalized spacial score (nSPS) is 16.5. The van der Waals surface area contributed by atoms with Gasteiger partial charge in [-0.25, -0.2) is 0 Å². The molecule has 3 rings (SSSR count). The summed E-state index contributed by atoms with van der Waals surface area (Å²) >= 11 is 0. The van der Waals surface area contributed by atoms with Crippen LogP contribution in [0.3, 0.4) is 0 Å². The van der Waals surface area contributed by atoms with Gasteiger partial charge in [-0.1, -0.05) is 30.3 Å². The predicted molar refractivity (Wildman–Crippen MR) is 72.4 cm³/mol. The number of hydrogen-bond acceptors (Lipinski definition) is 3. The van der Waals surface area contributed by atoms with E-state index < -0.39 is 5.60 Å². The molecule has 2 N–H and O–H groups in total. The zero-order valence-corrected chi connectivity index (χ0v) is 10.8. The Morgan fingerprint density at radius 1 is 1.11 bits per heavy atom. The van der Waals surface area contributed by atoms with E-state index in [1.807, 2.05) is 18.2 Å². The molecule has 1 heterocycles. The minimum atomic E-state index is -1.14. The van der Waals surface area contributed by atoms with Crippen LogP contribution in [0.2, 0.25) is 0 Å². The number of aliphatic hydroxyl groups is 1. The summed E-state index contributed by atoms with van der Waals surface area (Å²) in [4.78, 5) is 0. The minimum absolute atomic E-state index is 0.189. The van der Waals surface area contributed by atoms with Gasteiger partial charge in [-0.15, -0.1) is 0 Å². The van der Waals surface area contributed by atoms with E-state index in [-0.39, 0.29) is 5.75 Å². The molecule has 0 saturated heterocycles. The summed E-state index contributed by atoms with van der Waals surface area (Å²) in [5.74, 6) is 0.981. The molecule has 1 atom stereocenters. The van der Waals surface area contributed by atoms with Crippen molar-refractivity contribution in [3.8, 4) is 11.5 Å². The molecule has 2 aromatic carbocycles. The maximum absolute atomic E-state index is 10.9. The quantitative estimate of drug-likeness (QED) is 0.868. The molecule has 0 saturated carbocycles. The predicted octanol–water partition coefficient (Wildman–Crippen LogP) is 2.58. The van der Waals surface area contributed by atoms with Crippen LogP contribution in [0.4, 0.5) is 0 Å². The van der Waals surface area contributed by atoms with Crippen molar-refractivity contribution >= 4 is 0 Å². The molecule has 0 fully saturated rings. The van der Waals surface area contributed by atoms with E-state index in [2.05, 4.69) is 0 Å². The number of phenols is 1. The standard InChI is InChI=1S/C16H16O3/c1-16(18,12-5-7-13(17)8-6-12)14-4-2-3-11-9-10-19-15(11)14/h2-8,17-18H,9-10H2,1H3. The molecule has 0 aromatic heterocycles. The van der Waals surface area contributed by atoms with Crippen molar-refractivity contribution in [3.05, 3.63) is 59.2 Å². The van der Waals surface area contributed by atoms with E-state index in [0.29, 0.717) is 6.61 Å². The molecule has 0 aliphatic carbocycles. The Labute approximate surface area is 112 Å². The SMILES string of the molecule is CC(O)(c1ccc(O)cc1)c1cccc2c1OCC2. The van der Waals surface area contributed by atoms with Gasteiger partial charge in [0.05, 0.1) is 6.61 Å². The van der Waals surface area contributed by atoms with Gasteiger partial charge in [0.15, 0.2) is 0 Å². The second-order valence-electron chi connectivity index (χ2n) is 5.01. The monoisotopic (exact) mass is 256 g/mol. The first-order chi connectivity index (χ1) is 9.09. The van der Waals surface area contributed by atoms with Crippen molar-refractivity contribution in [3.63, 3.8) is 0 Å². The third-order valence-corrected chi connectivity index (χ3v) is 3.67. The Balaban J connectivity index is 2.10. The Kier molecular flexibility index (Phi) is 2.72. The molecule has 19 heavy (non-hydrogen) atoms. The Bertz CT molecular complexity index is 600. The van der Waals surface area contributed by atoms with Crippen LogP contribution in [0.15, 0.2) is 42.5 Å². The van der Waals surface area contributed by atoms with E-state index in [4.69, 9.17) is 4.74 Å². The number of phenolic OH excluding ortho intramolecular Hbond substituents is 1. The molecule has 0 bridgehead atoms. The minimum Gasteiger partial charge on any atom is -0.508 e. The fourth-order valence-corrected chi connectivity index (χ4v) is 2.54. The van der Waals surface area contributed by atoms with Crippen molar-refractivity contribution in [2.24, 2.45) is 0 Å². The first-order valence-corrected chi connectivity index (χ1v) is 6.36. The van der Waals surface area contributed by atoms with Crippen molar-refractivity contribution in [1.82, 2.24) is 0 Å². The van der Waals surface area contributed by atoms with Gasteiger partial charge in [0.2, 0.25) is 0 Å². The van der Waals surface area contributed by atoms with Crippen molar-refractivity contribution in [2.75, 3.05) is 6.61 Å². The van der Waals surface area contributed by atoms with E-state index in [1.54, 1.807) is 31.2 Å². The molecule has 3 nitrogen and oxygen atoms in total. The average molecular weight is 256 g/mol. The lowest BCUT2D eigenvalue weighted by atomic mass is 9.86. The van der Waals surface area contributed by atoms with Crippen LogP contribution in [0.25, 0.3) is 0 Å². The van der Waals surface area contributed by atoms with Crippen molar-refractivity contribution < 1.29 is 14.9 Å². The molecule has 1 aliphatic rings. The number of ether oxygens (including phenoxy) is 1. The van der Waals surface area contributed by atoms with Crippen LogP contribution in [0.1, 0.15) is 23.6 Å². The van der Waals surface area contributed by atoms with Crippen molar-refractivity contribution in [1.29, 1.82) is 0 Å². The number of hydrogen-bond donors (Lipinski definition) is 2. The first kappa shape index (κ1) is 12.1. The molecule has 0 amide bonds. The number of aromatic hydroxyl groups is 1. The molecule has 1 unspecified atom stereocenters. The highest BCUT2D eigenvalue weighted by Gasteiger charge is 2.31. The van der Waals surface area contributed by atoms with E-state index in [9.17, 15) is 10.2 Å². The summed E-state index contributed by atoms with van der Waals surface area (Å²) in [6.45, 7) is 2.41. The molecule has 1 aliphatic heterocycles. The second kappa shape index (κ2) is 4.28. The molecule has 0 spiro atoms. The highest BCUT2D eigenvalue weighted by atomic mass is 16.5. The third kappa shape index (κ3) is 1.96. The Morgan fingerprint density at radius 3 is 2.58 bits per heavy atom. The van der Waals surface area contributed by atoms with Gasteiger partial charge in [0.1, 0.15) is 17.1 Å². The van der Waals surface area contributed by atoms with E-state index in [1.165, 1.54) is 0 Å². The molecule has 3 heteroatoms. The van der Waals surface area contributed by atoms with Crippen molar-refractivity contribution in [2.45, 2.75) is 18.9 Å². The van der Waals surface area contributed by atoms with Crippen LogP contribution >= 0.6 is 0 Å². The molecule has 0 radical (unpaired) electrons. The van der Waals surface area contributed by atoms with Crippen LogP contribution in [0.5, 0.6) is 11.5 Å². The summed E-state index contributed by atoms with van der Waals surface area (Å²) in [5.41, 5.74) is 1.50. The maximum atomic E-state index is 10.9. The fourth-order valence-electron chi connectivity index (χ4n) is 2.54. The summed E-state index contributed by atoms with van der Waals surface area (Å²) in [6.07, 6.45) is 0.884. The Morgan fingerprint density at radius 2 is 1.84 bits per heavy atom. The fraction of sp³-hybridized carbons (Fsp3) is 0.250. The zero-order valence-electron chi connectivity index (χ0n) is 10.8. The second-order valence-corrected chi connectivity index (χ2v) is 5.01. The van der Waals surface area contributed by atoms with Gasteiger partial charge < -0.3 is 14.9 Å². The van der Waals surface area contributed by atoms with E-state index >= 15 is 0 Å². The summed E-state index contributed by atoms with van der Waals surface area (Å²) in [5, 5.41) is 20.2. The van der Waals surface area contributed by atoms with Gasteiger partial charge in [-0.3, -0.25) is 0 Å². The van der Waals surface area contributed by atoms with Gasteiger partial charge in [0, 0.05) is 12.0 Å². The Hall–Kier alpha value is -2.00. The lowest BCUT2D eigenvalue weighted by Crippen LogP contribution is -2.23. The topological polar surface area (TPSA) is 49.7 Å². The van der Waals surface area contributed by atoms with Gasteiger partial charge in [-0.2, -0.15) is 0 Å². The largest absolute Gasteiger partial charge is 0.508 e. The summed E-state index contributed by atoms with van der Waals surface area (Å²) in [7, 11) is 0. The van der Waals surface area contributed by atoms with Gasteiger partial charge in [0.25, 0.3) is 0 Å². The smallest absolute Gasteiger partial charge is 0.129 e. The first-order valence-electron chi connectivity index (χ1n) is 6.36. The third-order valence-electron chi connectivity index (χ3n) is 3.67. The van der Waals surface area contributed by atoms with Gasteiger partial charge in [-0.05, 0) is 30.2 Å². The lowest BCUT2D eigenvalue weighted by molar-refractivity contribution is 0.0987. The molecule has 98 valence electrons. The molecular formula is C16H16O3. The number of para-hydroxylation sites is 1. The highest BCUT2D eigenvalue weighted by Crippen LogP contribution is 2.39. The summed E-state index contributed by atoms with van der Waals surface area (Å²) < 4.78 is 5.65.